The molecule has 4 saturated carbocycles. The summed E-state index contributed by atoms with van der Waals surface area (Å²) >= 11 is 0. The zero-order valence-corrected chi connectivity index (χ0v) is 17.5. The Morgan fingerprint density at radius 1 is 1.00 bits per heavy atom. The first kappa shape index (κ1) is 18.5. The number of piperazine rings is 1. The van der Waals surface area contributed by atoms with Crippen molar-refractivity contribution < 1.29 is 4.79 Å². The Balaban J connectivity index is 1.22. The van der Waals surface area contributed by atoms with E-state index in [0.29, 0.717) is 5.91 Å². The molecule has 1 heterocycles. The number of benzene rings is 1. The molecule has 6 rings (SSSR count). The summed E-state index contributed by atoms with van der Waals surface area (Å²) in [5.74, 6) is 3.06. The summed E-state index contributed by atoms with van der Waals surface area (Å²) in [5, 5.41) is 0. The minimum atomic E-state index is 0.0248. The van der Waals surface area contributed by atoms with Gasteiger partial charge < -0.3 is 9.80 Å². The van der Waals surface area contributed by atoms with Crippen LogP contribution in [0.4, 0.5) is 5.69 Å². The molecule has 1 aromatic rings. The van der Waals surface area contributed by atoms with Crippen molar-refractivity contribution in [1.29, 1.82) is 0 Å². The number of carbonyl (C=O) groups excluding carboxylic acids is 1. The molecule has 0 atom stereocenters. The van der Waals surface area contributed by atoms with Gasteiger partial charge in [0.15, 0.2) is 0 Å². The lowest BCUT2D eigenvalue weighted by Crippen LogP contribution is -2.58. The van der Waals surface area contributed by atoms with Crippen LogP contribution in [-0.4, -0.2) is 37.0 Å². The fraction of sp³-hybridized carbons (Fsp3) is 0.720. The second kappa shape index (κ2) is 7.39. The molecule has 1 aromatic carbocycles. The SMILES string of the molecule is CCCCc1cccc(N2CCN(C(=O)C34CC5CC(CC(C5)C3)C4)CC2)c1. The second-order valence-electron chi connectivity index (χ2n) is 10.3. The molecule has 3 nitrogen and oxygen atoms in total. The molecule has 1 aliphatic heterocycles. The lowest BCUT2D eigenvalue weighted by Gasteiger charge is -2.57. The number of hydrogen-bond acceptors (Lipinski definition) is 2. The molecule has 1 amide bonds. The molecule has 0 N–H and O–H groups in total. The van der Waals surface area contributed by atoms with Crippen molar-refractivity contribution in [2.75, 3.05) is 31.1 Å². The second-order valence-corrected chi connectivity index (χ2v) is 10.3. The van der Waals surface area contributed by atoms with Crippen molar-refractivity contribution in [2.45, 2.75) is 64.7 Å². The van der Waals surface area contributed by atoms with Crippen LogP contribution in [0.5, 0.6) is 0 Å². The molecule has 0 spiro atoms. The number of hydrogen-bond donors (Lipinski definition) is 0. The van der Waals surface area contributed by atoms with Gasteiger partial charge >= 0.3 is 0 Å². The van der Waals surface area contributed by atoms with Crippen LogP contribution in [0.15, 0.2) is 24.3 Å². The molecular weight excluding hydrogens is 344 g/mol. The van der Waals surface area contributed by atoms with Gasteiger partial charge in [0.05, 0.1) is 5.41 Å². The maximum atomic E-state index is 13.6. The first-order valence-electron chi connectivity index (χ1n) is 11.8. The summed E-state index contributed by atoms with van der Waals surface area (Å²) < 4.78 is 0. The summed E-state index contributed by atoms with van der Waals surface area (Å²) in [4.78, 5) is 18.3. The third-order valence-corrected chi connectivity index (χ3v) is 8.15. The number of amides is 1. The van der Waals surface area contributed by atoms with Gasteiger partial charge in [0.1, 0.15) is 0 Å². The highest BCUT2D eigenvalue weighted by molar-refractivity contribution is 5.83. The van der Waals surface area contributed by atoms with Crippen LogP contribution in [0.2, 0.25) is 0 Å². The number of unbranched alkanes of at least 4 members (excludes halogenated alkanes) is 1. The van der Waals surface area contributed by atoms with Crippen LogP contribution in [0.25, 0.3) is 0 Å². The Hall–Kier alpha value is -1.51. The number of aryl methyl sites for hydroxylation is 1. The standard InChI is InChI=1S/C25H36N2O/c1-2-3-5-19-6-4-7-23(15-19)26-8-10-27(11-9-26)24(28)25-16-20-12-21(17-25)14-22(13-20)18-25/h4,6-7,15,20-22H,2-3,5,8-14,16-18H2,1H3. The predicted octanol–water partition coefficient (Wildman–Crippen LogP) is 4.89. The fourth-order valence-electron chi connectivity index (χ4n) is 7.17. The number of rotatable bonds is 5. The molecule has 152 valence electrons. The van der Waals surface area contributed by atoms with E-state index < -0.39 is 0 Å². The number of carbonyl (C=O) groups is 1. The van der Waals surface area contributed by atoms with Crippen molar-refractivity contribution in [3.63, 3.8) is 0 Å². The molecule has 0 radical (unpaired) electrons. The third-order valence-electron chi connectivity index (χ3n) is 8.15. The van der Waals surface area contributed by atoms with Gasteiger partial charge in [0.25, 0.3) is 0 Å². The van der Waals surface area contributed by atoms with Gasteiger partial charge in [0.2, 0.25) is 5.91 Å². The summed E-state index contributed by atoms with van der Waals surface area (Å²) in [7, 11) is 0. The predicted molar refractivity (Wildman–Crippen MR) is 114 cm³/mol. The maximum Gasteiger partial charge on any atom is 0.228 e. The molecule has 1 saturated heterocycles. The van der Waals surface area contributed by atoms with Gasteiger partial charge in [0, 0.05) is 31.9 Å². The molecule has 3 heteroatoms. The highest BCUT2D eigenvalue weighted by Crippen LogP contribution is 2.60. The van der Waals surface area contributed by atoms with Crippen molar-refractivity contribution in [3.05, 3.63) is 29.8 Å². The van der Waals surface area contributed by atoms with Gasteiger partial charge in [-0.15, -0.1) is 0 Å². The van der Waals surface area contributed by atoms with E-state index in [0.717, 1.165) is 43.9 Å². The van der Waals surface area contributed by atoms with E-state index in [1.165, 1.54) is 69.0 Å². The first-order valence-corrected chi connectivity index (χ1v) is 11.8. The molecular formula is C25H36N2O. The average Bonchev–Trinajstić information content (AvgIpc) is 2.71. The fourth-order valence-corrected chi connectivity index (χ4v) is 7.17. The highest BCUT2D eigenvalue weighted by Gasteiger charge is 2.55. The Kier molecular flexibility index (Phi) is 4.88. The minimum absolute atomic E-state index is 0.0248. The molecule has 5 fully saturated rings. The van der Waals surface area contributed by atoms with Crippen molar-refractivity contribution in [2.24, 2.45) is 23.2 Å². The van der Waals surface area contributed by atoms with E-state index in [4.69, 9.17) is 0 Å². The van der Waals surface area contributed by atoms with Crippen molar-refractivity contribution in [3.8, 4) is 0 Å². The summed E-state index contributed by atoms with van der Waals surface area (Å²) in [6.07, 6.45) is 11.5. The molecule has 4 bridgehead atoms. The monoisotopic (exact) mass is 380 g/mol. The topological polar surface area (TPSA) is 23.6 Å². The normalized spacial score (nSPS) is 34.1. The van der Waals surface area contributed by atoms with Gasteiger partial charge in [-0.2, -0.15) is 0 Å². The lowest BCUT2D eigenvalue weighted by molar-refractivity contribution is -0.158. The van der Waals surface area contributed by atoms with E-state index >= 15 is 0 Å². The Morgan fingerprint density at radius 2 is 1.64 bits per heavy atom. The first-order chi connectivity index (χ1) is 13.6. The quantitative estimate of drug-likeness (QED) is 0.726. The molecule has 0 unspecified atom stereocenters. The van der Waals surface area contributed by atoms with E-state index in [2.05, 4.69) is 41.0 Å². The molecule has 4 aliphatic carbocycles. The third kappa shape index (κ3) is 3.35. The van der Waals surface area contributed by atoms with Gasteiger partial charge in [-0.25, -0.2) is 0 Å². The van der Waals surface area contributed by atoms with E-state index in [1.54, 1.807) is 0 Å². The van der Waals surface area contributed by atoms with Crippen molar-refractivity contribution >= 4 is 11.6 Å². The number of anilines is 1. The molecule has 0 aromatic heterocycles. The summed E-state index contributed by atoms with van der Waals surface area (Å²) in [6, 6.07) is 9.07. The van der Waals surface area contributed by atoms with E-state index in [9.17, 15) is 4.79 Å². The van der Waals surface area contributed by atoms with Crippen molar-refractivity contribution in [1.82, 2.24) is 4.90 Å². The smallest absolute Gasteiger partial charge is 0.228 e. The van der Waals surface area contributed by atoms with Crippen LogP contribution in [-0.2, 0) is 11.2 Å². The molecule has 5 aliphatic rings. The summed E-state index contributed by atoms with van der Waals surface area (Å²) in [5.41, 5.74) is 2.82. The van der Waals surface area contributed by atoms with Crippen LogP contribution >= 0.6 is 0 Å². The van der Waals surface area contributed by atoms with E-state index in [1.807, 2.05) is 0 Å². The minimum Gasteiger partial charge on any atom is -0.368 e. The zero-order valence-electron chi connectivity index (χ0n) is 17.5. The maximum absolute atomic E-state index is 13.6. The van der Waals surface area contributed by atoms with Gasteiger partial charge in [-0.1, -0.05) is 25.5 Å². The van der Waals surface area contributed by atoms with E-state index in [-0.39, 0.29) is 5.41 Å². The Bertz CT molecular complexity index is 684. The van der Waals surface area contributed by atoms with Crippen LogP contribution in [0, 0.1) is 23.2 Å². The zero-order chi connectivity index (χ0) is 19.1. The van der Waals surface area contributed by atoms with Crippen LogP contribution in [0.3, 0.4) is 0 Å². The highest BCUT2D eigenvalue weighted by atomic mass is 16.2. The van der Waals surface area contributed by atoms with Crippen LogP contribution < -0.4 is 4.90 Å². The Labute approximate surface area is 170 Å². The molecule has 28 heavy (non-hydrogen) atoms. The van der Waals surface area contributed by atoms with Crippen LogP contribution in [0.1, 0.15) is 63.9 Å². The average molecular weight is 381 g/mol. The van der Waals surface area contributed by atoms with Gasteiger partial charge in [-0.05, 0) is 86.8 Å². The summed E-state index contributed by atoms with van der Waals surface area (Å²) in [6.45, 7) is 6.02. The number of nitrogens with zero attached hydrogens (tertiary/aromatic N) is 2. The van der Waals surface area contributed by atoms with Gasteiger partial charge in [-0.3, -0.25) is 4.79 Å². The largest absolute Gasteiger partial charge is 0.368 e. The lowest BCUT2D eigenvalue weighted by atomic mass is 9.49. The Morgan fingerprint density at radius 3 is 2.25 bits per heavy atom.